The largest absolute Gasteiger partial charge is 0.383 e. The molecule has 2 aromatic rings. The SMILES string of the molecule is COCCN(Cc1cccn1C)C(=O)CN(C(=O)Nc1ccc(F)c(F)c1)C(C)C. The lowest BCUT2D eigenvalue weighted by atomic mass is 10.2. The summed E-state index contributed by atoms with van der Waals surface area (Å²) in [5.74, 6) is -2.31. The topological polar surface area (TPSA) is 66.8 Å². The van der Waals surface area contributed by atoms with Crippen LogP contribution in [0.25, 0.3) is 0 Å². The molecule has 1 N–H and O–H groups in total. The van der Waals surface area contributed by atoms with E-state index >= 15 is 0 Å². The van der Waals surface area contributed by atoms with Crippen LogP contribution < -0.4 is 5.32 Å². The highest BCUT2D eigenvalue weighted by Crippen LogP contribution is 2.15. The molecular formula is C21H28F2N4O3. The molecule has 0 fully saturated rings. The summed E-state index contributed by atoms with van der Waals surface area (Å²) in [6.45, 7) is 4.49. The number of nitrogens with zero attached hydrogens (tertiary/aromatic N) is 3. The van der Waals surface area contributed by atoms with Crippen LogP contribution >= 0.6 is 0 Å². The van der Waals surface area contributed by atoms with Crippen LogP contribution in [-0.4, -0.2) is 59.2 Å². The molecule has 30 heavy (non-hydrogen) atoms. The fourth-order valence-corrected chi connectivity index (χ4v) is 2.85. The second kappa shape index (κ2) is 10.7. The number of rotatable bonds is 9. The first kappa shape index (κ1) is 23.3. The summed E-state index contributed by atoms with van der Waals surface area (Å²) in [4.78, 5) is 28.6. The lowest BCUT2D eigenvalue weighted by Gasteiger charge is -2.30. The number of hydrogen-bond donors (Lipinski definition) is 1. The van der Waals surface area contributed by atoms with Crippen molar-refractivity contribution in [2.45, 2.75) is 26.4 Å². The smallest absolute Gasteiger partial charge is 0.322 e. The number of carbonyl (C=O) groups excluding carboxylic acids is 2. The fraction of sp³-hybridized carbons (Fsp3) is 0.429. The van der Waals surface area contributed by atoms with Crippen LogP contribution in [0.2, 0.25) is 0 Å². The van der Waals surface area contributed by atoms with Gasteiger partial charge in [-0.25, -0.2) is 13.6 Å². The van der Waals surface area contributed by atoms with Crippen LogP contribution in [-0.2, 0) is 23.1 Å². The minimum atomic E-state index is -1.06. The van der Waals surface area contributed by atoms with Crippen LogP contribution in [0.5, 0.6) is 0 Å². The Kier molecular flexibility index (Phi) is 8.35. The zero-order valence-electron chi connectivity index (χ0n) is 17.7. The van der Waals surface area contributed by atoms with E-state index in [2.05, 4.69) is 5.32 Å². The number of halogens is 2. The molecule has 0 bridgehead atoms. The third-order valence-corrected chi connectivity index (χ3v) is 4.68. The van der Waals surface area contributed by atoms with E-state index in [1.807, 2.05) is 29.9 Å². The molecule has 0 saturated carbocycles. The van der Waals surface area contributed by atoms with Gasteiger partial charge in [-0.2, -0.15) is 0 Å². The second-order valence-corrected chi connectivity index (χ2v) is 7.20. The normalized spacial score (nSPS) is 10.9. The first-order valence-electron chi connectivity index (χ1n) is 9.62. The summed E-state index contributed by atoms with van der Waals surface area (Å²) in [6, 6.07) is 6.04. The van der Waals surface area contributed by atoms with E-state index in [0.29, 0.717) is 19.7 Å². The van der Waals surface area contributed by atoms with E-state index in [1.165, 1.54) is 11.0 Å². The summed E-state index contributed by atoms with van der Waals surface area (Å²) in [6.07, 6.45) is 1.89. The van der Waals surface area contributed by atoms with Gasteiger partial charge in [0.25, 0.3) is 0 Å². The van der Waals surface area contributed by atoms with Crippen molar-refractivity contribution in [2.75, 3.05) is 32.1 Å². The molecule has 0 saturated heterocycles. The standard InChI is InChI=1S/C21H28F2N4O3/c1-15(2)27(21(29)24-16-7-8-18(22)19(23)12-16)14-20(28)26(10-11-30-4)13-17-6-5-9-25(17)3/h5-9,12,15H,10-11,13-14H2,1-4H3,(H,24,29). The molecule has 0 aliphatic rings. The van der Waals surface area contributed by atoms with Gasteiger partial charge in [0.1, 0.15) is 6.54 Å². The van der Waals surface area contributed by atoms with Crippen LogP contribution in [0.1, 0.15) is 19.5 Å². The van der Waals surface area contributed by atoms with Gasteiger partial charge in [0.15, 0.2) is 11.6 Å². The average Bonchev–Trinajstić information content (AvgIpc) is 3.10. The van der Waals surface area contributed by atoms with Gasteiger partial charge in [-0.1, -0.05) is 0 Å². The predicted molar refractivity (Wildman–Crippen MR) is 110 cm³/mol. The Bertz CT molecular complexity index is 870. The Morgan fingerprint density at radius 1 is 1.20 bits per heavy atom. The highest BCUT2D eigenvalue weighted by atomic mass is 19.2. The Morgan fingerprint density at radius 2 is 1.93 bits per heavy atom. The zero-order chi connectivity index (χ0) is 22.3. The van der Waals surface area contributed by atoms with Crippen molar-refractivity contribution < 1.29 is 23.1 Å². The molecule has 0 aliphatic heterocycles. The number of benzene rings is 1. The van der Waals surface area contributed by atoms with Crippen LogP contribution in [0.3, 0.4) is 0 Å². The van der Waals surface area contributed by atoms with Crippen molar-refractivity contribution in [3.8, 4) is 0 Å². The van der Waals surface area contributed by atoms with Gasteiger partial charge in [-0.05, 0) is 38.1 Å². The lowest BCUT2D eigenvalue weighted by Crippen LogP contribution is -2.48. The van der Waals surface area contributed by atoms with Crippen LogP contribution in [0.4, 0.5) is 19.3 Å². The van der Waals surface area contributed by atoms with E-state index in [9.17, 15) is 18.4 Å². The molecule has 0 atom stereocenters. The maximum atomic E-state index is 13.4. The first-order valence-corrected chi connectivity index (χ1v) is 9.62. The van der Waals surface area contributed by atoms with E-state index in [0.717, 1.165) is 17.8 Å². The van der Waals surface area contributed by atoms with E-state index in [-0.39, 0.29) is 24.2 Å². The third kappa shape index (κ3) is 6.28. The number of carbonyl (C=O) groups is 2. The van der Waals surface area contributed by atoms with Crippen LogP contribution in [0.15, 0.2) is 36.5 Å². The molecule has 9 heteroatoms. The summed E-state index contributed by atoms with van der Waals surface area (Å²) in [7, 11) is 3.45. The Hall–Kier alpha value is -2.94. The number of nitrogens with one attached hydrogen (secondary N) is 1. The molecule has 0 radical (unpaired) electrons. The molecule has 2 rings (SSSR count). The number of hydrogen-bond acceptors (Lipinski definition) is 3. The molecule has 3 amide bonds. The monoisotopic (exact) mass is 422 g/mol. The number of ether oxygens (including phenoxy) is 1. The fourth-order valence-electron chi connectivity index (χ4n) is 2.85. The molecule has 7 nitrogen and oxygen atoms in total. The Labute approximate surface area is 175 Å². The molecular weight excluding hydrogens is 394 g/mol. The minimum absolute atomic E-state index is 0.108. The number of amides is 3. The van der Waals surface area contributed by atoms with Crippen molar-refractivity contribution >= 4 is 17.6 Å². The van der Waals surface area contributed by atoms with Gasteiger partial charge in [0.2, 0.25) is 5.91 Å². The number of anilines is 1. The quantitative estimate of drug-likeness (QED) is 0.675. The highest BCUT2D eigenvalue weighted by molar-refractivity contribution is 5.92. The second-order valence-electron chi connectivity index (χ2n) is 7.20. The Balaban J connectivity index is 2.11. The molecule has 0 unspecified atom stereocenters. The number of aromatic nitrogens is 1. The van der Waals surface area contributed by atoms with Crippen molar-refractivity contribution in [3.05, 3.63) is 53.9 Å². The molecule has 1 heterocycles. The lowest BCUT2D eigenvalue weighted by molar-refractivity contribution is -0.133. The number of aryl methyl sites for hydroxylation is 1. The molecule has 0 aliphatic carbocycles. The zero-order valence-corrected chi connectivity index (χ0v) is 17.7. The van der Waals surface area contributed by atoms with Gasteiger partial charge in [-0.3, -0.25) is 4.79 Å². The van der Waals surface area contributed by atoms with Gasteiger partial charge < -0.3 is 24.4 Å². The first-order chi connectivity index (χ1) is 14.2. The van der Waals surface area contributed by atoms with Gasteiger partial charge in [-0.15, -0.1) is 0 Å². The van der Waals surface area contributed by atoms with Gasteiger partial charge in [0, 0.05) is 50.4 Å². The number of methoxy groups -OCH3 is 1. The van der Waals surface area contributed by atoms with Crippen molar-refractivity contribution in [1.82, 2.24) is 14.4 Å². The van der Waals surface area contributed by atoms with Crippen LogP contribution in [0, 0.1) is 11.6 Å². The highest BCUT2D eigenvalue weighted by Gasteiger charge is 2.24. The molecule has 0 spiro atoms. The maximum absolute atomic E-state index is 13.4. The average molecular weight is 422 g/mol. The summed E-state index contributed by atoms with van der Waals surface area (Å²) in [5, 5.41) is 2.51. The predicted octanol–water partition coefficient (Wildman–Crippen LogP) is 3.22. The third-order valence-electron chi connectivity index (χ3n) is 4.68. The summed E-state index contributed by atoms with van der Waals surface area (Å²) < 4.78 is 33.6. The van der Waals surface area contributed by atoms with E-state index in [1.54, 1.807) is 25.9 Å². The Morgan fingerprint density at radius 3 is 2.50 bits per heavy atom. The van der Waals surface area contributed by atoms with E-state index in [4.69, 9.17) is 4.74 Å². The van der Waals surface area contributed by atoms with Crippen molar-refractivity contribution in [3.63, 3.8) is 0 Å². The summed E-state index contributed by atoms with van der Waals surface area (Å²) in [5.41, 5.74) is 1.05. The van der Waals surface area contributed by atoms with Gasteiger partial charge in [0.05, 0.1) is 13.2 Å². The molecule has 164 valence electrons. The van der Waals surface area contributed by atoms with Gasteiger partial charge >= 0.3 is 6.03 Å². The van der Waals surface area contributed by atoms with E-state index < -0.39 is 17.7 Å². The molecule has 1 aromatic heterocycles. The number of urea groups is 1. The van der Waals surface area contributed by atoms with Crippen molar-refractivity contribution in [2.24, 2.45) is 7.05 Å². The maximum Gasteiger partial charge on any atom is 0.322 e. The van der Waals surface area contributed by atoms with Crippen molar-refractivity contribution in [1.29, 1.82) is 0 Å². The molecule has 1 aromatic carbocycles. The minimum Gasteiger partial charge on any atom is -0.383 e. The summed E-state index contributed by atoms with van der Waals surface area (Å²) >= 11 is 0.